The first-order valence-electron chi connectivity index (χ1n) is 4.42. The summed E-state index contributed by atoms with van der Waals surface area (Å²) in [5.74, 6) is 0.178. The molecular formula is C11H10N2O2. The molecule has 0 aliphatic carbocycles. The Balaban J connectivity index is 2.51. The fourth-order valence-corrected chi connectivity index (χ4v) is 1.45. The number of H-pyrrole nitrogens is 1. The van der Waals surface area contributed by atoms with Crippen LogP contribution in [0.2, 0.25) is 0 Å². The van der Waals surface area contributed by atoms with E-state index >= 15 is 0 Å². The average Bonchev–Trinajstić information content (AvgIpc) is 2.63. The first-order chi connectivity index (χ1) is 7.22. The van der Waals surface area contributed by atoms with Gasteiger partial charge in [-0.2, -0.15) is 0 Å². The number of para-hydroxylation sites is 1. The Kier molecular flexibility index (Phi) is 2.17. The van der Waals surface area contributed by atoms with Crippen molar-refractivity contribution in [2.75, 3.05) is 0 Å². The van der Waals surface area contributed by atoms with Crippen molar-refractivity contribution in [1.29, 1.82) is 0 Å². The minimum Gasteiger partial charge on any atom is -0.506 e. The summed E-state index contributed by atoms with van der Waals surface area (Å²) in [4.78, 5) is 13.2. The molecule has 0 atom stereocenters. The topological polar surface area (TPSA) is 65.1 Å². The third kappa shape index (κ3) is 1.57. The minimum atomic E-state index is 0.178. The summed E-state index contributed by atoms with van der Waals surface area (Å²) in [6.45, 7) is 3.68. The summed E-state index contributed by atoms with van der Waals surface area (Å²) in [7, 11) is 0. The Labute approximate surface area is 86.2 Å². The van der Waals surface area contributed by atoms with E-state index in [0.717, 1.165) is 5.39 Å². The van der Waals surface area contributed by atoms with Gasteiger partial charge in [0.1, 0.15) is 5.75 Å². The van der Waals surface area contributed by atoms with Gasteiger partial charge in [0.15, 0.2) is 0 Å². The van der Waals surface area contributed by atoms with Crippen LogP contribution in [0, 0.1) is 0 Å². The highest BCUT2D eigenvalue weighted by atomic mass is 16.3. The molecule has 0 radical (unpaired) electrons. The summed E-state index contributed by atoms with van der Waals surface area (Å²) in [5.41, 5.74) is 1.79. The molecule has 15 heavy (non-hydrogen) atoms. The molecule has 1 amide bonds. The number of phenolic OH excluding ortho intramolecular Hbond substituents is 1. The zero-order chi connectivity index (χ0) is 10.8. The lowest BCUT2D eigenvalue weighted by molar-refractivity contribution is -0.108. The molecule has 1 aromatic carbocycles. The number of hydrogen-bond donors (Lipinski definition) is 3. The van der Waals surface area contributed by atoms with Crippen LogP contribution < -0.4 is 5.32 Å². The lowest BCUT2D eigenvalue weighted by Gasteiger charge is -1.98. The van der Waals surface area contributed by atoms with Crippen molar-refractivity contribution in [3.63, 3.8) is 0 Å². The van der Waals surface area contributed by atoms with Crippen LogP contribution in [0.4, 0.5) is 0 Å². The Morgan fingerprint density at radius 2 is 2.33 bits per heavy atom. The largest absolute Gasteiger partial charge is 0.506 e. The highest BCUT2D eigenvalue weighted by Gasteiger charge is 2.05. The molecule has 0 saturated heterocycles. The Morgan fingerprint density at radius 1 is 1.53 bits per heavy atom. The van der Waals surface area contributed by atoms with Crippen molar-refractivity contribution in [1.82, 2.24) is 10.3 Å². The molecule has 4 heteroatoms. The van der Waals surface area contributed by atoms with E-state index in [1.807, 2.05) is 12.1 Å². The number of fused-ring (bicyclic) bond motifs is 1. The third-order valence-electron chi connectivity index (χ3n) is 2.19. The van der Waals surface area contributed by atoms with E-state index in [1.54, 1.807) is 12.1 Å². The zero-order valence-corrected chi connectivity index (χ0v) is 7.95. The van der Waals surface area contributed by atoms with E-state index in [9.17, 15) is 9.90 Å². The SMILES string of the molecule is C=C(NC=O)c1cc2cccc(O)c2[nH]1. The number of hydrogen-bond acceptors (Lipinski definition) is 2. The molecule has 0 aliphatic heterocycles. The van der Waals surface area contributed by atoms with Crippen LogP contribution in [0.15, 0.2) is 30.8 Å². The maximum Gasteiger partial charge on any atom is 0.211 e. The van der Waals surface area contributed by atoms with Gasteiger partial charge in [-0.3, -0.25) is 4.79 Å². The van der Waals surface area contributed by atoms with E-state index in [1.165, 1.54) is 0 Å². The normalized spacial score (nSPS) is 10.1. The number of aromatic nitrogens is 1. The van der Waals surface area contributed by atoms with Crippen LogP contribution in [0.1, 0.15) is 5.69 Å². The number of aromatic amines is 1. The van der Waals surface area contributed by atoms with Gasteiger partial charge in [0, 0.05) is 5.39 Å². The number of benzene rings is 1. The monoisotopic (exact) mass is 202 g/mol. The lowest BCUT2D eigenvalue weighted by atomic mass is 10.2. The average molecular weight is 202 g/mol. The molecule has 3 N–H and O–H groups in total. The van der Waals surface area contributed by atoms with Crippen molar-refractivity contribution in [2.45, 2.75) is 0 Å². The van der Waals surface area contributed by atoms with Crippen molar-refractivity contribution in [2.24, 2.45) is 0 Å². The second kappa shape index (κ2) is 3.49. The fourth-order valence-electron chi connectivity index (χ4n) is 1.45. The fraction of sp³-hybridized carbons (Fsp3) is 0. The molecule has 2 aromatic rings. The molecular weight excluding hydrogens is 192 g/mol. The predicted molar refractivity (Wildman–Crippen MR) is 58.2 cm³/mol. The molecule has 4 nitrogen and oxygen atoms in total. The number of aromatic hydroxyl groups is 1. The second-order valence-electron chi connectivity index (χ2n) is 3.17. The lowest BCUT2D eigenvalue weighted by Crippen LogP contribution is -2.07. The van der Waals surface area contributed by atoms with Gasteiger partial charge >= 0.3 is 0 Å². The first kappa shape index (κ1) is 9.33. The first-order valence-corrected chi connectivity index (χ1v) is 4.42. The second-order valence-corrected chi connectivity index (χ2v) is 3.17. The van der Waals surface area contributed by atoms with Crippen molar-refractivity contribution in [3.8, 4) is 5.75 Å². The number of nitrogens with one attached hydrogen (secondary N) is 2. The zero-order valence-electron chi connectivity index (χ0n) is 7.95. The summed E-state index contributed by atoms with van der Waals surface area (Å²) < 4.78 is 0. The van der Waals surface area contributed by atoms with Gasteiger partial charge < -0.3 is 15.4 Å². The van der Waals surface area contributed by atoms with Gasteiger partial charge in [-0.15, -0.1) is 0 Å². The smallest absolute Gasteiger partial charge is 0.211 e. The summed E-state index contributed by atoms with van der Waals surface area (Å²) in [5, 5.41) is 12.9. The van der Waals surface area contributed by atoms with E-state index in [-0.39, 0.29) is 5.75 Å². The number of carbonyl (C=O) groups is 1. The van der Waals surface area contributed by atoms with Crippen molar-refractivity contribution < 1.29 is 9.90 Å². The highest BCUT2D eigenvalue weighted by Crippen LogP contribution is 2.25. The minimum absolute atomic E-state index is 0.178. The molecule has 76 valence electrons. The van der Waals surface area contributed by atoms with E-state index in [2.05, 4.69) is 16.9 Å². The maximum absolute atomic E-state index is 10.2. The standard InChI is InChI=1S/C11H10N2O2/c1-7(12-6-14)9-5-8-3-2-4-10(15)11(8)13-9/h2-6,13,15H,1H2,(H,12,14). The number of amides is 1. The molecule has 0 saturated carbocycles. The van der Waals surface area contributed by atoms with E-state index < -0.39 is 0 Å². The maximum atomic E-state index is 10.2. The van der Waals surface area contributed by atoms with Gasteiger partial charge in [0.05, 0.1) is 16.9 Å². The number of rotatable bonds is 3. The molecule has 1 aromatic heterocycles. The van der Waals surface area contributed by atoms with Gasteiger partial charge in [-0.25, -0.2) is 0 Å². The molecule has 2 rings (SSSR count). The van der Waals surface area contributed by atoms with Gasteiger partial charge in [-0.05, 0) is 12.1 Å². The molecule has 0 aliphatic rings. The van der Waals surface area contributed by atoms with Crippen LogP contribution >= 0.6 is 0 Å². The van der Waals surface area contributed by atoms with Gasteiger partial charge in [0.2, 0.25) is 6.41 Å². The van der Waals surface area contributed by atoms with Crippen LogP contribution in [-0.4, -0.2) is 16.5 Å². The number of carbonyl (C=O) groups excluding carboxylic acids is 1. The predicted octanol–water partition coefficient (Wildman–Crippen LogP) is 1.59. The molecule has 0 bridgehead atoms. The molecule has 0 unspecified atom stereocenters. The van der Waals surface area contributed by atoms with Crippen LogP contribution in [0.3, 0.4) is 0 Å². The van der Waals surface area contributed by atoms with Gasteiger partial charge in [0.25, 0.3) is 0 Å². The molecule has 0 fully saturated rings. The third-order valence-corrected chi connectivity index (χ3v) is 2.19. The van der Waals surface area contributed by atoms with Crippen molar-refractivity contribution in [3.05, 3.63) is 36.5 Å². The van der Waals surface area contributed by atoms with Crippen LogP contribution in [0.25, 0.3) is 16.6 Å². The highest BCUT2D eigenvalue weighted by molar-refractivity contribution is 5.89. The Bertz CT molecular complexity index is 528. The van der Waals surface area contributed by atoms with Crippen LogP contribution in [-0.2, 0) is 4.79 Å². The summed E-state index contributed by atoms with van der Waals surface area (Å²) in [6.07, 6.45) is 0.563. The molecule has 0 spiro atoms. The summed E-state index contributed by atoms with van der Waals surface area (Å²) >= 11 is 0. The Hall–Kier alpha value is -2.23. The van der Waals surface area contributed by atoms with Crippen molar-refractivity contribution >= 4 is 23.0 Å². The molecule has 1 heterocycles. The Morgan fingerprint density at radius 3 is 3.00 bits per heavy atom. The summed E-state index contributed by atoms with van der Waals surface area (Å²) in [6, 6.07) is 7.03. The van der Waals surface area contributed by atoms with Gasteiger partial charge in [-0.1, -0.05) is 18.7 Å². The van der Waals surface area contributed by atoms with E-state index in [0.29, 0.717) is 23.3 Å². The van der Waals surface area contributed by atoms with Crippen LogP contribution in [0.5, 0.6) is 5.75 Å². The quantitative estimate of drug-likeness (QED) is 0.662. The number of phenols is 1. The van der Waals surface area contributed by atoms with E-state index in [4.69, 9.17) is 0 Å².